The molecule has 102 valence electrons. The Morgan fingerprint density at radius 1 is 1.20 bits per heavy atom. The lowest BCUT2D eigenvalue weighted by molar-refractivity contribution is 0.283. The van der Waals surface area contributed by atoms with Crippen molar-refractivity contribution in [1.29, 1.82) is 0 Å². The minimum absolute atomic E-state index is 0.0597. The van der Waals surface area contributed by atoms with Crippen LogP contribution < -0.4 is 0 Å². The number of benzene rings is 1. The van der Waals surface area contributed by atoms with Crippen LogP contribution in [0, 0.1) is 19.7 Å². The molecule has 2 aromatic heterocycles. The second kappa shape index (κ2) is 4.68. The molecule has 0 fully saturated rings. The van der Waals surface area contributed by atoms with Gasteiger partial charge in [0, 0.05) is 11.1 Å². The molecule has 2 heterocycles. The van der Waals surface area contributed by atoms with Gasteiger partial charge in [0.15, 0.2) is 5.65 Å². The van der Waals surface area contributed by atoms with Crippen molar-refractivity contribution in [3.05, 3.63) is 53.1 Å². The van der Waals surface area contributed by atoms with Gasteiger partial charge >= 0.3 is 0 Å². The monoisotopic (exact) mass is 271 g/mol. The summed E-state index contributed by atoms with van der Waals surface area (Å²) in [6, 6.07) is 7.95. The van der Waals surface area contributed by atoms with Crippen LogP contribution in [0.2, 0.25) is 0 Å². The summed E-state index contributed by atoms with van der Waals surface area (Å²) in [7, 11) is 0. The van der Waals surface area contributed by atoms with Crippen LogP contribution in [0.3, 0.4) is 0 Å². The quantitative estimate of drug-likeness (QED) is 0.779. The molecule has 1 aromatic carbocycles. The topological polar surface area (TPSA) is 50.9 Å². The third kappa shape index (κ3) is 1.96. The van der Waals surface area contributed by atoms with E-state index in [1.807, 2.05) is 19.9 Å². The first kappa shape index (κ1) is 12.7. The van der Waals surface area contributed by atoms with E-state index in [-0.39, 0.29) is 12.4 Å². The van der Waals surface area contributed by atoms with E-state index in [0.29, 0.717) is 5.65 Å². The van der Waals surface area contributed by atoms with Crippen LogP contribution in [0.5, 0.6) is 0 Å². The maximum Gasteiger partial charge on any atom is 0.163 e. The second-order valence-electron chi connectivity index (χ2n) is 4.75. The maximum atomic E-state index is 13.0. The lowest BCUT2D eigenvalue weighted by Crippen LogP contribution is -1.99. The molecular weight excluding hydrogens is 257 g/mol. The lowest BCUT2D eigenvalue weighted by Gasteiger charge is -2.05. The highest BCUT2D eigenvalue weighted by Crippen LogP contribution is 2.24. The van der Waals surface area contributed by atoms with Crippen molar-refractivity contribution in [3.8, 4) is 5.69 Å². The summed E-state index contributed by atoms with van der Waals surface area (Å²) in [5, 5.41) is 14.8. The van der Waals surface area contributed by atoms with Crippen molar-refractivity contribution in [3.63, 3.8) is 0 Å². The summed E-state index contributed by atoms with van der Waals surface area (Å²) in [6.45, 7) is 3.68. The predicted octanol–water partition coefficient (Wildman–Crippen LogP) is 2.67. The van der Waals surface area contributed by atoms with Gasteiger partial charge in [0.25, 0.3) is 0 Å². The molecule has 0 unspecified atom stereocenters. The Morgan fingerprint density at radius 2 is 1.90 bits per heavy atom. The molecule has 0 aliphatic carbocycles. The molecule has 20 heavy (non-hydrogen) atoms. The number of halogens is 1. The highest BCUT2D eigenvalue weighted by Gasteiger charge is 2.14. The Labute approximate surface area is 115 Å². The first-order valence-electron chi connectivity index (χ1n) is 6.33. The normalized spacial score (nSPS) is 11.2. The molecular formula is C15H14FN3O. The highest BCUT2D eigenvalue weighted by molar-refractivity contribution is 5.83. The molecule has 5 heteroatoms. The van der Waals surface area contributed by atoms with Gasteiger partial charge in [-0.05, 0) is 49.7 Å². The second-order valence-corrected chi connectivity index (χ2v) is 4.75. The molecule has 3 rings (SSSR count). The van der Waals surface area contributed by atoms with E-state index >= 15 is 0 Å². The number of aromatic nitrogens is 3. The van der Waals surface area contributed by atoms with E-state index in [4.69, 9.17) is 0 Å². The standard InChI is InChI=1S/C15H14FN3O/c1-9-7-11(8-20)14-10(2)18-19(15(14)17-9)13-5-3-12(16)4-6-13/h3-7,20H,8H2,1-2H3. The van der Waals surface area contributed by atoms with Gasteiger partial charge in [0.1, 0.15) is 5.82 Å². The number of hydrogen-bond acceptors (Lipinski definition) is 3. The summed E-state index contributed by atoms with van der Waals surface area (Å²) >= 11 is 0. The molecule has 0 saturated carbocycles. The zero-order chi connectivity index (χ0) is 14.3. The number of pyridine rings is 1. The zero-order valence-electron chi connectivity index (χ0n) is 11.3. The summed E-state index contributed by atoms with van der Waals surface area (Å²) < 4.78 is 14.7. The Kier molecular flexibility index (Phi) is 2.99. The van der Waals surface area contributed by atoms with Crippen molar-refractivity contribution in [2.45, 2.75) is 20.5 Å². The Morgan fingerprint density at radius 3 is 2.55 bits per heavy atom. The Hall–Kier alpha value is -2.27. The summed E-state index contributed by atoms with van der Waals surface area (Å²) in [5.41, 5.74) is 3.83. The van der Waals surface area contributed by atoms with Gasteiger partial charge in [0.2, 0.25) is 0 Å². The number of nitrogens with zero attached hydrogens (tertiary/aromatic N) is 3. The van der Waals surface area contributed by atoms with Gasteiger partial charge in [-0.15, -0.1) is 0 Å². The molecule has 0 bridgehead atoms. The molecule has 0 amide bonds. The van der Waals surface area contributed by atoms with Crippen LogP contribution in [-0.2, 0) is 6.61 Å². The van der Waals surface area contributed by atoms with Gasteiger partial charge in [-0.25, -0.2) is 14.1 Å². The number of rotatable bonds is 2. The van der Waals surface area contributed by atoms with Crippen molar-refractivity contribution in [1.82, 2.24) is 14.8 Å². The van der Waals surface area contributed by atoms with Crippen LogP contribution in [0.4, 0.5) is 4.39 Å². The zero-order valence-corrected chi connectivity index (χ0v) is 11.3. The first-order valence-corrected chi connectivity index (χ1v) is 6.33. The van der Waals surface area contributed by atoms with Crippen LogP contribution in [-0.4, -0.2) is 19.9 Å². The number of fused-ring (bicyclic) bond motifs is 1. The average Bonchev–Trinajstić information content (AvgIpc) is 2.76. The SMILES string of the molecule is Cc1cc(CO)c2c(C)nn(-c3ccc(F)cc3)c2n1. The predicted molar refractivity (Wildman–Crippen MR) is 74.2 cm³/mol. The fourth-order valence-corrected chi connectivity index (χ4v) is 2.40. The molecule has 3 aromatic rings. The van der Waals surface area contributed by atoms with Crippen molar-refractivity contribution >= 4 is 11.0 Å². The van der Waals surface area contributed by atoms with E-state index in [2.05, 4.69) is 10.1 Å². The number of aliphatic hydroxyl groups excluding tert-OH is 1. The van der Waals surface area contributed by atoms with Crippen LogP contribution in [0.1, 0.15) is 17.0 Å². The molecule has 4 nitrogen and oxygen atoms in total. The smallest absolute Gasteiger partial charge is 0.163 e. The summed E-state index contributed by atoms with van der Waals surface area (Å²) in [4.78, 5) is 4.50. The molecule has 0 spiro atoms. The third-order valence-corrected chi connectivity index (χ3v) is 3.26. The molecule has 1 N–H and O–H groups in total. The Bertz CT molecular complexity index is 778. The van der Waals surface area contributed by atoms with E-state index < -0.39 is 0 Å². The fourth-order valence-electron chi connectivity index (χ4n) is 2.40. The van der Waals surface area contributed by atoms with Gasteiger partial charge in [-0.3, -0.25) is 0 Å². The van der Waals surface area contributed by atoms with Gasteiger partial charge in [-0.2, -0.15) is 5.10 Å². The number of aliphatic hydroxyl groups is 1. The van der Waals surface area contributed by atoms with E-state index in [9.17, 15) is 9.50 Å². The van der Waals surface area contributed by atoms with Crippen molar-refractivity contribution < 1.29 is 9.50 Å². The molecule has 0 aliphatic rings. The molecule has 0 aliphatic heterocycles. The van der Waals surface area contributed by atoms with Crippen LogP contribution in [0.15, 0.2) is 30.3 Å². The van der Waals surface area contributed by atoms with Crippen LogP contribution in [0.25, 0.3) is 16.7 Å². The average molecular weight is 271 g/mol. The largest absolute Gasteiger partial charge is 0.392 e. The van der Waals surface area contributed by atoms with E-state index in [1.165, 1.54) is 12.1 Å². The summed E-state index contributed by atoms with van der Waals surface area (Å²) in [6.07, 6.45) is 0. The van der Waals surface area contributed by atoms with Gasteiger partial charge in [0.05, 0.1) is 18.0 Å². The fraction of sp³-hybridized carbons (Fsp3) is 0.200. The van der Waals surface area contributed by atoms with Gasteiger partial charge < -0.3 is 5.11 Å². The Balaban J connectivity index is 2.32. The minimum atomic E-state index is -0.290. The van der Waals surface area contributed by atoms with E-state index in [0.717, 1.165) is 28.0 Å². The maximum absolute atomic E-state index is 13.0. The van der Waals surface area contributed by atoms with Crippen molar-refractivity contribution in [2.75, 3.05) is 0 Å². The first-order chi connectivity index (χ1) is 9.60. The minimum Gasteiger partial charge on any atom is -0.392 e. The third-order valence-electron chi connectivity index (χ3n) is 3.26. The summed E-state index contributed by atoms with van der Waals surface area (Å²) in [5.74, 6) is -0.290. The van der Waals surface area contributed by atoms with Crippen LogP contribution >= 0.6 is 0 Å². The van der Waals surface area contributed by atoms with Crippen molar-refractivity contribution in [2.24, 2.45) is 0 Å². The molecule has 0 saturated heterocycles. The van der Waals surface area contributed by atoms with E-state index in [1.54, 1.807) is 16.8 Å². The molecule has 0 radical (unpaired) electrons. The highest BCUT2D eigenvalue weighted by atomic mass is 19.1. The molecule has 0 atom stereocenters. The number of aryl methyl sites for hydroxylation is 2. The lowest BCUT2D eigenvalue weighted by atomic mass is 10.1. The number of hydrogen-bond donors (Lipinski definition) is 1. The van der Waals surface area contributed by atoms with Gasteiger partial charge in [-0.1, -0.05) is 0 Å².